The van der Waals surface area contributed by atoms with Crippen molar-refractivity contribution in [2.24, 2.45) is 0 Å². The molecule has 0 spiro atoms. The average molecular weight is 423 g/mol. The number of ether oxygens (including phenoxy) is 1. The van der Waals surface area contributed by atoms with Gasteiger partial charge in [0.2, 0.25) is 0 Å². The number of hydrogen-bond donors (Lipinski definition) is 2. The first-order chi connectivity index (χ1) is 14.5. The number of fused-ring (bicyclic) bond motifs is 1. The molecule has 3 aromatic rings. The normalized spacial score (nSPS) is 15.3. The fourth-order valence-electron chi connectivity index (χ4n) is 3.61. The van der Waals surface area contributed by atoms with Crippen molar-refractivity contribution in [2.75, 3.05) is 11.8 Å². The molecule has 1 amide bonds. The summed E-state index contributed by atoms with van der Waals surface area (Å²) in [7, 11) is -2.22. The number of carbonyl (C=O) groups is 1. The highest BCUT2D eigenvalue weighted by Crippen LogP contribution is 2.31. The maximum atomic E-state index is 12.6. The van der Waals surface area contributed by atoms with Crippen LogP contribution in [0.2, 0.25) is 0 Å². The molecule has 0 heterocycles. The second kappa shape index (κ2) is 8.20. The highest BCUT2D eigenvalue weighted by molar-refractivity contribution is 7.92. The summed E-state index contributed by atoms with van der Waals surface area (Å²) in [5.74, 6) is 0.418. The van der Waals surface area contributed by atoms with Gasteiger partial charge in [-0.15, -0.1) is 0 Å². The summed E-state index contributed by atoms with van der Waals surface area (Å²) in [5.41, 5.74) is 3.25. The molecule has 0 aliphatic heterocycles. The Balaban J connectivity index is 1.44. The van der Waals surface area contributed by atoms with Gasteiger partial charge >= 0.3 is 0 Å². The smallest absolute Gasteiger partial charge is 0.261 e. The molecular formula is C23H22N2O4S. The van der Waals surface area contributed by atoms with Crippen LogP contribution in [0.15, 0.2) is 77.7 Å². The van der Waals surface area contributed by atoms with E-state index in [0.717, 1.165) is 18.4 Å². The van der Waals surface area contributed by atoms with E-state index in [9.17, 15) is 13.2 Å². The van der Waals surface area contributed by atoms with Crippen LogP contribution in [0.5, 0.6) is 5.75 Å². The minimum absolute atomic E-state index is 0.0196. The fourth-order valence-corrected chi connectivity index (χ4v) is 4.67. The summed E-state index contributed by atoms with van der Waals surface area (Å²) in [5, 5.41) is 3.04. The molecule has 1 aliphatic carbocycles. The van der Waals surface area contributed by atoms with Gasteiger partial charge in [0.1, 0.15) is 5.75 Å². The van der Waals surface area contributed by atoms with Crippen LogP contribution in [0.4, 0.5) is 5.69 Å². The number of nitrogens with one attached hydrogen (secondary N) is 2. The van der Waals surface area contributed by atoms with Crippen LogP contribution < -0.4 is 14.8 Å². The Kier molecular flexibility index (Phi) is 5.46. The number of aryl methyl sites for hydroxylation is 1. The van der Waals surface area contributed by atoms with Crippen LogP contribution in [0.1, 0.15) is 33.9 Å². The SMILES string of the molecule is COc1ccc(NS(=O)(=O)c2ccc(C(=O)NC3CCc4ccccc43)cc2)cc1. The first-order valence-electron chi connectivity index (χ1n) is 9.62. The molecule has 4 rings (SSSR count). The van der Waals surface area contributed by atoms with Crippen LogP contribution in [0.25, 0.3) is 0 Å². The molecule has 0 bridgehead atoms. The Bertz CT molecular complexity index is 1160. The summed E-state index contributed by atoms with van der Waals surface area (Å²) in [4.78, 5) is 12.7. The third kappa shape index (κ3) is 4.16. The highest BCUT2D eigenvalue weighted by atomic mass is 32.2. The van der Waals surface area contributed by atoms with Gasteiger partial charge in [-0.25, -0.2) is 8.42 Å². The van der Waals surface area contributed by atoms with Crippen molar-refractivity contribution in [3.05, 3.63) is 89.5 Å². The Morgan fingerprint density at radius 3 is 2.37 bits per heavy atom. The second-order valence-corrected chi connectivity index (χ2v) is 8.80. The van der Waals surface area contributed by atoms with Crippen molar-refractivity contribution in [2.45, 2.75) is 23.8 Å². The van der Waals surface area contributed by atoms with Gasteiger partial charge in [0, 0.05) is 11.3 Å². The van der Waals surface area contributed by atoms with Gasteiger partial charge in [-0.05, 0) is 72.5 Å². The predicted octanol–water partition coefficient (Wildman–Crippen LogP) is 3.91. The summed E-state index contributed by atoms with van der Waals surface area (Å²) >= 11 is 0. The number of methoxy groups -OCH3 is 1. The number of hydrogen-bond acceptors (Lipinski definition) is 4. The minimum atomic E-state index is -3.76. The Morgan fingerprint density at radius 2 is 1.67 bits per heavy atom. The van der Waals surface area contributed by atoms with Crippen LogP contribution in [-0.2, 0) is 16.4 Å². The molecule has 154 valence electrons. The van der Waals surface area contributed by atoms with E-state index in [1.54, 1.807) is 31.4 Å². The van der Waals surface area contributed by atoms with Gasteiger partial charge < -0.3 is 10.1 Å². The van der Waals surface area contributed by atoms with E-state index < -0.39 is 10.0 Å². The Labute approximate surface area is 176 Å². The van der Waals surface area contributed by atoms with E-state index in [4.69, 9.17) is 4.74 Å². The van der Waals surface area contributed by atoms with E-state index in [1.165, 1.54) is 29.8 Å². The predicted molar refractivity (Wildman–Crippen MR) is 115 cm³/mol. The van der Waals surface area contributed by atoms with E-state index >= 15 is 0 Å². The van der Waals surface area contributed by atoms with Crippen LogP contribution in [-0.4, -0.2) is 21.4 Å². The molecule has 0 aromatic heterocycles. The lowest BCUT2D eigenvalue weighted by Crippen LogP contribution is -2.27. The summed E-state index contributed by atoms with van der Waals surface area (Å²) < 4.78 is 32.8. The molecule has 0 saturated heterocycles. The number of anilines is 1. The maximum absolute atomic E-state index is 12.6. The second-order valence-electron chi connectivity index (χ2n) is 7.12. The van der Waals surface area contributed by atoms with E-state index in [-0.39, 0.29) is 16.8 Å². The average Bonchev–Trinajstić information content (AvgIpc) is 3.17. The summed E-state index contributed by atoms with van der Waals surface area (Å²) in [6.07, 6.45) is 1.80. The summed E-state index contributed by atoms with van der Waals surface area (Å²) in [6, 6.07) is 20.6. The van der Waals surface area contributed by atoms with Gasteiger partial charge in [0.25, 0.3) is 15.9 Å². The Morgan fingerprint density at radius 1 is 0.967 bits per heavy atom. The van der Waals surface area contributed by atoms with E-state index in [2.05, 4.69) is 16.1 Å². The van der Waals surface area contributed by atoms with Crippen molar-refractivity contribution < 1.29 is 17.9 Å². The maximum Gasteiger partial charge on any atom is 0.261 e. The Hall–Kier alpha value is -3.32. The van der Waals surface area contributed by atoms with Crippen molar-refractivity contribution in [3.63, 3.8) is 0 Å². The van der Waals surface area contributed by atoms with Gasteiger partial charge in [0.15, 0.2) is 0 Å². The number of sulfonamides is 1. The molecule has 1 aliphatic rings. The lowest BCUT2D eigenvalue weighted by molar-refractivity contribution is 0.0936. The zero-order valence-corrected chi connectivity index (χ0v) is 17.3. The quantitative estimate of drug-likeness (QED) is 0.631. The lowest BCUT2D eigenvalue weighted by atomic mass is 10.1. The molecule has 7 heteroatoms. The molecule has 6 nitrogen and oxygen atoms in total. The number of benzene rings is 3. The van der Waals surface area contributed by atoms with Gasteiger partial charge in [-0.1, -0.05) is 24.3 Å². The standard InChI is InChI=1S/C23H22N2O4S/c1-29-19-11-9-18(10-12-19)25-30(27,28)20-13-6-17(7-14-20)23(26)24-22-15-8-16-4-2-3-5-21(16)22/h2-7,9-14,22,25H,8,15H2,1H3,(H,24,26). The molecular weight excluding hydrogens is 400 g/mol. The summed E-state index contributed by atoms with van der Waals surface area (Å²) in [6.45, 7) is 0. The highest BCUT2D eigenvalue weighted by Gasteiger charge is 2.24. The largest absolute Gasteiger partial charge is 0.497 e. The molecule has 1 unspecified atom stereocenters. The van der Waals surface area contributed by atoms with Gasteiger partial charge in [-0.2, -0.15) is 0 Å². The topological polar surface area (TPSA) is 84.5 Å². The van der Waals surface area contributed by atoms with Crippen molar-refractivity contribution in [1.29, 1.82) is 0 Å². The minimum Gasteiger partial charge on any atom is -0.497 e. The molecule has 0 saturated carbocycles. The van der Waals surface area contributed by atoms with Crippen molar-refractivity contribution in [1.82, 2.24) is 5.32 Å². The van der Waals surface area contributed by atoms with Crippen LogP contribution in [0.3, 0.4) is 0 Å². The molecule has 0 fully saturated rings. The number of amides is 1. The lowest BCUT2D eigenvalue weighted by Gasteiger charge is -2.14. The van der Waals surface area contributed by atoms with E-state index in [1.807, 2.05) is 18.2 Å². The first kappa shape index (κ1) is 20.0. The van der Waals surface area contributed by atoms with E-state index in [0.29, 0.717) is 17.0 Å². The number of rotatable bonds is 6. The number of carbonyl (C=O) groups excluding carboxylic acids is 1. The van der Waals surface area contributed by atoms with Crippen molar-refractivity contribution >= 4 is 21.6 Å². The monoisotopic (exact) mass is 422 g/mol. The van der Waals surface area contributed by atoms with Gasteiger partial charge in [-0.3, -0.25) is 9.52 Å². The first-order valence-corrected chi connectivity index (χ1v) is 11.1. The zero-order valence-electron chi connectivity index (χ0n) is 16.5. The molecule has 3 aromatic carbocycles. The zero-order chi connectivity index (χ0) is 21.1. The molecule has 1 atom stereocenters. The molecule has 0 radical (unpaired) electrons. The van der Waals surface area contributed by atoms with Crippen molar-refractivity contribution in [3.8, 4) is 5.75 Å². The third-order valence-electron chi connectivity index (χ3n) is 5.21. The molecule has 2 N–H and O–H groups in total. The molecule has 30 heavy (non-hydrogen) atoms. The fraction of sp³-hybridized carbons (Fsp3) is 0.174. The van der Waals surface area contributed by atoms with Gasteiger partial charge in [0.05, 0.1) is 18.0 Å². The van der Waals surface area contributed by atoms with Crippen LogP contribution >= 0.6 is 0 Å². The van der Waals surface area contributed by atoms with Crippen LogP contribution in [0, 0.1) is 0 Å². The third-order valence-corrected chi connectivity index (χ3v) is 6.60.